The first-order valence-electron chi connectivity index (χ1n) is 9.97. The van der Waals surface area contributed by atoms with E-state index in [1.807, 2.05) is 49.6 Å². The molecule has 1 aliphatic heterocycles. The summed E-state index contributed by atoms with van der Waals surface area (Å²) < 4.78 is 0. The number of amides is 3. The summed E-state index contributed by atoms with van der Waals surface area (Å²) in [5.41, 5.74) is 1.67. The molecule has 1 aromatic heterocycles. The fourth-order valence-electron chi connectivity index (χ4n) is 3.29. The molecule has 0 saturated carbocycles. The van der Waals surface area contributed by atoms with Crippen LogP contribution in [-0.2, 0) is 16.1 Å². The van der Waals surface area contributed by atoms with Gasteiger partial charge in [-0.25, -0.2) is 0 Å². The standard InChI is InChI=1S/C22H27N3O3S/c1-15(2)20(26)24-17-10-8-16(9-11-17)14-23-21(27)18-6-3-4-12-25(18)22(28)19-7-5-13-29-19/h5,7-11,13,15,18H,3-4,6,12,14H2,1-2H3,(H,23,27)(H,24,26)/t18-/m0/s1. The molecule has 2 aromatic rings. The van der Waals surface area contributed by atoms with Crippen LogP contribution in [0.1, 0.15) is 48.3 Å². The van der Waals surface area contributed by atoms with E-state index in [1.54, 1.807) is 11.0 Å². The van der Waals surface area contributed by atoms with E-state index in [2.05, 4.69) is 10.6 Å². The number of hydrogen-bond donors (Lipinski definition) is 2. The third-order valence-corrected chi connectivity index (χ3v) is 5.87. The minimum Gasteiger partial charge on any atom is -0.350 e. The molecule has 7 heteroatoms. The number of piperidine rings is 1. The van der Waals surface area contributed by atoms with E-state index in [1.165, 1.54) is 11.3 Å². The lowest BCUT2D eigenvalue weighted by Gasteiger charge is -2.34. The highest BCUT2D eigenvalue weighted by Crippen LogP contribution is 2.22. The van der Waals surface area contributed by atoms with Crippen LogP contribution in [0.15, 0.2) is 41.8 Å². The Kier molecular flexibility index (Phi) is 7.04. The van der Waals surface area contributed by atoms with E-state index in [0.717, 1.165) is 24.1 Å². The smallest absolute Gasteiger partial charge is 0.264 e. The highest BCUT2D eigenvalue weighted by atomic mass is 32.1. The summed E-state index contributed by atoms with van der Waals surface area (Å²) in [6, 6.07) is 10.6. The number of thiophene rings is 1. The fourth-order valence-corrected chi connectivity index (χ4v) is 3.97. The first kappa shape index (κ1) is 21.0. The summed E-state index contributed by atoms with van der Waals surface area (Å²) in [6.07, 6.45) is 2.55. The summed E-state index contributed by atoms with van der Waals surface area (Å²) >= 11 is 1.40. The van der Waals surface area contributed by atoms with Crippen molar-refractivity contribution in [3.63, 3.8) is 0 Å². The summed E-state index contributed by atoms with van der Waals surface area (Å²) in [6.45, 7) is 4.68. The molecule has 3 rings (SSSR count). The second kappa shape index (κ2) is 9.69. The molecule has 154 valence electrons. The van der Waals surface area contributed by atoms with Gasteiger partial charge in [0.15, 0.2) is 0 Å². The summed E-state index contributed by atoms with van der Waals surface area (Å²) in [4.78, 5) is 39.7. The Labute approximate surface area is 175 Å². The van der Waals surface area contributed by atoms with Crippen molar-refractivity contribution < 1.29 is 14.4 Å². The van der Waals surface area contributed by atoms with Gasteiger partial charge < -0.3 is 15.5 Å². The van der Waals surface area contributed by atoms with Crippen LogP contribution in [-0.4, -0.2) is 35.2 Å². The first-order valence-corrected chi connectivity index (χ1v) is 10.9. The van der Waals surface area contributed by atoms with E-state index in [9.17, 15) is 14.4 Å². The average Bonchev–Trinajstić information content (AvgIpc) is 3.27. The maximum Gasteiger partial charge on any atom is 0.264 e. The molecule has 1 saturated heterocycles. The second-order valence-electron chi connectivity index (χ2n) is 7.55. The van der Waals surface area contributed by atoms with Gasteiger partial charge in [0, 0.05) is 24.7 Å². The van der Waals surface area contributed by atoms with E-state index in [4.69, 9.17) is 0 Å². The molecular formula is C22H27N3O3S. The number of carbonyl (C=O) groups excluding carboxylic acids is 3. The zero-order valence-corrected chi connectivity index (χ0v) is 17.6. The molecule has 0 spiro atoms. The van der Waals surface area contributed by atoms with Gasteiger partial charge in [0.05, 0.1) is 4.88 Å². The van der Waals surface area contributed by atoms with Gasteiger partial charge in [0.2, 0.25) is 11.8 Å². The molecule has 1 atom stereocenters. The van der Waals surface area contributed by atoms with Gasteiger partial charge >= 0.3 is 0 Å². The van der Waals surface area contributed by atoms with Crippen molar-refractivity contribution in [3.8, 4) is 0 Å². The normalized spacial score (nSPS) is 16.5. The highest BCUT2D eigenvalue weighted by molar-refractivity contribution is 7.12. The van der Waals surface area contributed by atoms with Crippen molar-refractivity contribution in [1.29, 1.82) is 0 Å². The van der Waals surface area contributed by atoms with Gasteiger partial charge in [0.1, 0.15) is 6.04 Å². The maximum absolute atomic E-state index is 12.8. The van der Waals surface area contributed by atoms with Gasteiger partial charge in [-0.1, -0.05) is 32.0 Å². The van der Waals surface area contributed by atoms with E-state index >= 15 is 0 Å². The highest BCUT2D eigenvalue weighted by Gasteiger charge is 2.32. The monoisotopic (exact) mass is 413 g/mol. The minimum atomic E-state index is -0.428. The number of likely N-dealkylation sites (tertiary alicyclic amines) is 1. The maximum atomic E-state index is 12.8. The minimum absolute atomic E-state index is 0.0288. The molecule has 6 nitrogen and oxygen atoms in total. The Hall–Kier alpha value is -2.67. The van der Waals surface area contributed by atoms with Gasteiger partial charge in [-0.3, -0.25) is 14.4 Å². The number of anilines is 1. The molecule has 1 fully saturated rings. The topological polar surface area (TPSA) is 78.5 Å². The molecule has 29 heavy (non-hydrogen) atoms. The van der Waals surface area contributed by atoms with Crippen molar-refractivity contribution in [2.45, 2.75) is 45.7 Å². The van der Waals surface area contributed by atoms with Crippen LogP contribution in [0.5, 0.6) is 0 Å². The summed E-state index contributed by atoms with van der Waals surface area (Å²) in [5, 5.41) is 7.68. The van der Waals surface area contributed by atoms with E-state index in [0.29, 0.717) is 24.4 Å². The number of benzene rings is 1. The third-order valence-electron chi connectivity index (χ3n) is 5.01. The number of hydrogen-bond acceptors (Lipinski definition) is 4. The van der Waals surface area contributed by atoms with Crippen LogP contribution < -0.4 is 10.6 Å². The van der Waals surface area contributed by atoms with Gasteiger partial charge in [-0.05, 0) is 48.4 Å². The zero-order chi connectivity index (χ0) is 20.8. The second-order valence-corrected chi connectivity index (χ2v) is 8.49. The summed E-state index contributed by atoms with van der Waals surface area (Å²) in [7, 11) is 0. The fraction of sp³-hybridized carbons (Fsp3) is 0.409. The van der Waals surface area contributed by atoms with E-state index in [-0.39, 0.29) is 23.6 Å². The Balaban J connectivity index is 1.57. The van der Waals surface area contributed by atoms with Crippen molar-refractivity contribution >= 4 is 34.7 Å². The molecular weight excluding hydrogens is 386 g/mol. The molecule has 0 unspecified atom stereocenters. The lowest BCUT2D eigenvalue weighted by atomic mass is 10.0. The van der Waals surface area contributed by atoms with Crippen molar-refractivity contribution in [1.82, 2.24) is 10.2 Å². The largest absolute Gasteiger partial charge is 0.350 e. The van der Waals surface area contributed by atoms with Crippen LogP contribution in [0.2, 0.25) is 0 Å². The van der Waals surface area contributed by atoms with Crippen molar-refractivity contribution in [2.24, 2.45) is 5.92 Å². The quantitative estimate of drug-likeness (QED) is 0.759. The van der Waals surface area contributed by atoms with Crippen molar-refractivity contribution in [2.75, 3.05) is 11.9 Å². The van der Waals surface area contributed by atoms with Crippen LogP contribution in [0.3, 0.4) is 0 Å². The molecule has 0 radical (unpaired) electrons. The lowest BCUT2D eigenvalue weighted by Crippen LogP contribution is -2.51. The molecule has 2 heterocycles. The van der Waals surface area contributed by atoms with Crippen LogP contribution in [0, 0.1) is 5.92 Å². The number of nitrogens with one attached hydrogen (secondary N) is 2. The third kappa shape index (κ3) is 5.44. The molecule has 0 bridgehead atoms. The number of carbonyl (C=O) groups is 3. The van der Waals surface area contributed by atoms with Gasteiger partial charge in [-0.2, -0.15) is 0 Å². The Morgan fingerprint density at radius 3 is 2.55 bits per heavy atom. The molecule has 1 aliphatic rings. The average molecular weight is 414 g/mol. The molecule has 3 amide bonds. The first-order chi connectivity index (χ1) is 14.0. The lowest BCUT2D eigenvalue weighted by molar-refractivity contribution is -0.126. The predicted octanol–water partition coefficient (Wildman–Crippen LogP) is 3.65. The molecule has 0 aliphatic carbocycles. The van der Waals surface area contributed by atoms with Gasteiger partial charge in [-0.15, -0.1) is 11.3 Å². The molecule has 2 N–H and O–H groups in total. The van der Waals surface area contributed by atoms with Crippen LogP contribution in [0.25, 0.3) is 0 Å². The van der Waals surface area contributed by atoms with Crippen molar-refractivity contribution in [3.05, 3.63) is 52.2 Å². The SMILES string of the molecule is CC(C)C(=O)Nc1ccc(CNC(=O)[C@@H]2CCCCN2C(=O)c2cccs2)cc1. The van der Waals surface area contributed by atoms with Crippen LogP contribution >= 0.6 is 11.3 Å². The van der Waals surface area contributed by atoms with Crippen LogP contribution in [0.4, 0.5) is 5.69 Å². The van der Waals surface area contributed by atoms with Gasteiger partial charge in [0.25, 0.3) is 5.91 Å². The predicted molar refractivity (Wildman–Crippen MR) is 115 cm³/mol. The molecule has 1 aromatic carbocycles. The number of nitrogens with zero attached hydrogens (tertiary/aromatic N) is 1. The Morgan fingerprint density at radius 2 is 1.90 bits per heavy atom. The zero-order valence-electron chi connectivity index (χ0n) is 16.8. The van der Waals surface area contributed by atoms with E-state index < -0.39 is 6.04 Å². The Morgan fingerprint density at radius 1 is 1.14 bits per heavy atom. The summed E-state index contributed by atoms with van der Waals surface area (Å²) in [5.74, 6) is -0.292. The number of rotatable bonds is 6. The Bertz CT molecular complexity index is 847.